The molecule has 1 aromatic rings. The number of carbonyl (C=O) groups excluding carboxylic acids is 2. The molecule has 0 spiro atoms. The van der Waals surface area contributed by atoms with Crippen LogP contribution < -0.4 is 10.2 Å². The van der Waals surface area contributed by atoms with Gasteiger partial charge < -0.3 is 19.7 Å². The van der Waals surface area contributed by atoms with Crippen LogP contribution in [0.25, 0.3) is 0 Å². The van der Waals surface area contributed by atoms with Crippen molar-refractivity contribution in [2.75, 3.05) is 63.3 Å². The van der Waals surface area contributed by atoms with E-state index in [1.165, 1.54) is 11.8 Å². The van der Waals surface area contributed by atoms with Crippen molar-refractivity contribution in [3.63, 3.8) is 0 Å². The number of hydrogen-bond donors (Lipinski definition) is 1. The first-order chi connectivity index (χ1) is 13.7. The highest BCUT2D eigenvalue weighted by molar-refractivity contribution is 8.00. The summed E-state index contributed by atoms with van der Waals surface area (Å²) in [6.07, 6.45) is 1.02. The van der Waals surface area contributed by atoms with Crippen LogP contribution in [-0.4, -0.2) is 81.1 Å². The molecular weight excluding hydrogens is 378 g/mol. The number of para-hydroxylation sites is 1. The smallest absolute Gasteiger partial charge is 0.240 e. The third kappa shape index (κ3) is 4.51. The molecule has 7 nitrogen and oxygen atoms in total. The monoisotopic (exact) mass is 405 g/mol. The molecule has 3 aliphatic rings. The molecule has 0 aliphatic carbocycles. The quantitative estimate of drug-likeness (QED) is 0.761. The van der Waals surface area contributed by atoms with E-state index in [2.05, 4.69) is 10.2 Å². The zero-order valence-electron chi connectivity index (χ0n) is 16.0. The first kappa shape index (κ1) is 19.7. The molecule has 2 unspecified atom stereocenters. The summed E-state index contributed by atoms with van der Waals surface area (Å²) < 4.78 is 11.1. The summed E-state index contributed by atoms with van der Waals surface area (Å²) in [7, 11) is 0. The van der Waals surface area contributed by atoms with Gasteiger partial charge in [0.2, 0.25) is 11.8 Å². The molecule has 8 heteroatoms. The Hall–Kier alpha value is -1.61. The average Bonchev–Trinajstić information content (AvgIpc) is 3.26. The lowest BCUT2D eigenvalue weighted by Crippen LogP contribution is -2.53. The van der Waals surface area contributed by atoms with Crippen molar-refractivity contribution in [1.82, 2.24) is 10.2 Å². The van der Waals surface area contributed by atoms with E-state index >= 15 is 0 Å². The van der Waals surface area contributed by atoms with Gasteiger partial charge in [0.15, 0.2) is 0 Å². The summed E-state index contributed by atoms with van der Waals surface area (Å²) in [5.41, 5.74) is 0.827. The molecule has 0 bridgehead atoms. The summed E-state index contributed by atoms with van der Waals surface area (Å²) in [6.45, 7) is 5.39. The lowest BCUT2D eigenvalue weighted by molar-refractivity contribution is -0.123. The molecule has 1 aromatic carbocycles. The van der Waals surface area contributed by atoms with Crippen LogP contribution in [0.4, 0.5) is 5.69 Å². The number of nitrogens with one attached hydrogen (secondary N) is 1. The topological polar surface area (TPSA) is 71.1 Å². The standard InChI is InChI=1S/C20H27N3O4S/c24-19(12-23-16-3-1-2-4-18(16)28-14-20(23)25)21-11-17(15-5-8-27-13-15)22-6-9-26-10-7-22/h1-4,15,17H,5-14H2,(H,21,24). The number of nitrogens with zero attached hydrogens (tertiary/aromatic N) is 2. The third-order valence-electron chi connectivity index (χ3n) is 5.64. The van der Waals surface area contributed by atoms with Crippen molar-refractivity contribution >= 4 is 29.3 Å². The summed E-state index contributed by atoms with van der Waals surface area (Å²) >= 11 is 1.53. The van der Waals surface area contributed by atoms with Crippen molar-refractivity contribution in [3.05, 3.63) is 24.3 Å². The fourth-order valence-corrected chi connectivity index (χ4v) is 5.04. The van der Waals surface area contributed by atoms with Gasteiger partial charge in [-0.3, -0.25) is 14.5 Å². The second-order valence-electron chi connectivity index (χ2n) is 7.38. The second kappa shape index (κ2) is 9.26. The predicted molar refractivity (Wildman–Crippen MR) is 108 cm³/mol. The number of fused-ring (bicyclic) bond motifs is 1. The van der Waals surface area contributed by atoms with Gasteiger partial charge in [0.1, 0.15) is 6.54 Å². The number of ether oxygens (including phenoxy) is 2. The Morgan fingerprint density at radius 3 is 2.82 bits per heavy atom. The summed E-state index contributed by atoms with van der Waals surface area (Å²) in [4.78, 5) is 30.1. The number of hydrogen-bond acceptors (Lipinski definition) is 6. The highest BCUT2D eigenvalue weighted by Crippen LogP contribution is 2.34. The van der Waals surface area contributed by atoms with E-state index in [1.807, 2.05) is 24.3 Å². The number of benzene rings is 1. The number of anilines is 1. The Kier molecular flexibility index (Phi) is 6.51. The summed E-state index contributed by atoms with van der Waals surface area (Å²) in [5.74, 6) is 0.660. The minimum Gasteiger partial charge on any atom is -0.381 e. The molecule has 3 heterocycles. The average molecular weight is 406 g/mol. The van der Waals surface area contributed by atoms with Crippen molar-refractivity contribution in [1.29, 1.82) is 0 Å². The molecule has 4 rings (SSSR count). The highest BCUT2D eigenvalue weighted by atomic mass is 32.2. The van der Waals surface area contributed by atoms with Crippen LogP contribution in [0.5, 0.6) is 0 Å². The van der Waals surface area contributed by atoms with Crippen LogP contribution in [-0.2, 0) is 19.1 Å². The van der Waals surface area contributed by atoms with E-state index in [1.54, 1.807) is 4.90 Å². The van der Waals surface area contributed by atoms with Crippen LogP contribution in [0, 0.1) is 5.92 Å². The van der Waals surface area contributed by atoms with E-state index < -0.39 is 0 Å². The van der Waals surface area contributed by atoms with E-state index in [9.17, 15) is 9.59 Å². The molecule has 0 radical (unpaired) electrons. The van der Waals surface area contributed by atoms with Crippen LogP contribution >= 0.6 is 11.8 Å². The lowest BCUT2D eigenvalue weighted by atomic mass is 9.97. The number of morpholine rings is 1. The van der Waals surface area contributed by atoms with E-state index in [-0.39, 0.29) is 24.4 Å². The maximum atomic E-state index is 12.7. The Labute approximate surface area is 169 Å². The van der Waals surface area contributed by atoms with Gasteiger partial charge in [0, 0.05) is 43.1 Å². The summed E-state index contributed by atoms with van der Waals surface area (Å²) in [6, 6.07) is 7.99. The van der Waals surface area contributed by atoms with Gasteiger partial charge in [0.25, 0.3) is 0 Å². The molecule has 0 aromatic heterocycles. The maximum Gasteiger partial charge on any atom is 0.240 e. The zero-order valence-corrected chi connectivity index (χ0v) is 16.8. The van der Waals surface area contributed by atoms with Gasteiger partial charge in [-0.25, -0.2) is 0 Å². The van der Waals surface area contributed by atoms with Crippen molar-refractivity contribution in [2.45, 2.75) is 17.4 Å². The fourth-order valence-electron chi connectivity index (χ4n) is 4.10. The molecule has 28 heavy (non-hydrogen) atoms. The van der Waals surface area contributed by atoms with Gasteiger partial charge >= 0.3 is 0 Å². The Balaban J connectivity index is 1.37. The van der Waals surface area contributed by atoms with Crippen molar-refractivity contribution in [3.8, 4) is 0 Å². The van der Waals surface area contributed by atoms with E-state index in [0.717, 1.165) is 56.5 Å². The highest BCUT2D eigenvalue weighted by Gasteiger charge is 2.32. The Morgan fingerprint density at radius 2 is 2.04 bits per heavy atom. The molecule has 2 fully saturated rings. The third-order valence-corrected chi connectivity index (χ3v) is 6.69. The van der Waals surface area contributed by atoms with Crippen LogP contribution in [0.3, 0.4) is 0 Å². The van der Waals surface area contributed by atoms with Crippen LogP contribution in [0.15, 0.2) is 29.2 Å². The Bertz CT molecular complexity index is 704. The van der Waals surface area contributed by atoms with Gasteiger partial charge in [-0.2, -0.15) is 0 Å². The largest absolute Gasteiger partial charge is 0.381 e. The van der Waals surface area contributed by atoms with E-state index in [0.29, 0.717) is 18.2 Å². The maximum absolute atomic E-state index is 12.7. The molecule has 0 saturated carbocycles. The number of thioether (sulfide) groups is 1. The first-order valence-corrected chi connectivity index (χ1v) is 10.9. The van der Waals surface area contributed by atoms with Crippen molar-refractivity contribution in [2.24, 2.45) is 5.92 Å². The van der Waals surface area contributed by atoms with Crippen molar-refractivity contribution < 1.29 is 19.1 Å². The van der Waals surface area contributed by atoms with Gasteiger partial charge in [0.05, 0.1) is 31.3 Å². The number of carbonyl (C=O) groups is 2. The van der Waals surface area contributed by atoms with E-state index in [4.69, 9.17) is 9.47 Å². The normalized spacial score (nSPS) is 24.1. The zero-order chi connectivity index (χ0) is 19.3. The minimum atomic E-state index is -0.118. The first-order valence-electron chi connectivity index (χ1n) is 9.91. The molecular formula is C20H27N3O4S. The molecule has 2 atom stereocenters. The molecule has 2 saturated heterocycles. The van der Waals surface area contributed by atoms with Crippen LogP contribution in [0.1, 0.15) is 6.42 Å². The Morgan fingerprint density at radius 1 is 1.21 bits per heavy atom. The van der Waals surface area contributed by atoms with Gasteiger partial charge in [-0.05, 0) is 18.6 Å². The number of amides is 2. The second-order valence-corrected chi connectivity index (χ2v) is 8.40. The minimum absolute atomic E-state index is 0.0206. The predicted octanol–water partition coefficient (Wildman–Crippen LogP) is 0.979. The molecule has 1 N–H and O–H groups in total. The van der Waals surface area contributed by atoms with Gasteiger partial charge in [-0.15, -0.1) is 11.8 Å². The summed E-state index contributed by atoms with van der Waals surface area (Å²) in [5, 5.41) is 3.08. The van der Waals surface area contributed by atoms with Crippen LogP contribution in [0.2, 0.25) is 0 Å². The lowest BCUT2D eigenvalue weighted by Gasteiger charge is -2.37. The number of rotatable bonds is 6. The fraction of sp³-hybridized carbons (Fsp3) is 0.600. The molecule has 152 valence electrons. The molecule has 3 aliphatic heterocycles. The SMILES string of the molecule is O=C(CN1C(=O)CSc2ccccc21)NCC(C1CCOC1)N1CCOCC1. The van der Waals surface area contributed by atoms with Gasteiger partial charge in [-0.1, -0.05) is 12.1 Å². The molecule has 2 amide bonds.